The van der Waals surface area contributed by atoms with Crippen LogP contribution < -0.4 is 11.3 Å². The summed E-state index contributed by atoms with van der Waals surface area (Å²) in [5, 5.41) is 0. The number of rotatable bonds is 3. The van der Waals surface area contributed by atoms with Gasteiger partial charge in [0.05, 0.1) is 0 Å². The van der Waals surface area contributed by atoms with Crippen molar-refractivity contribution in [2.24, 2.45) is 17.7 Å². The van der Waals surface area contributed by atoms with Gasteiger partial charge in [0, 0.05) is 6.04 Å². The molecule has 0 aliphatic heterocycles. The Morgan fingerprint density at radius 1 is 0.889 bits per heavy atom. The predicted molar refractivity (Wildman–Crippen MR) is 53.3 cm³/mol. The van der Waals surface area contributed by atoms with E-state index in [2.05, 4.69) is 0 Å². The second kappa shape index (κ2) is 5.64. The molecule has 0 saturated heterocycles. The molecule has 1 atom stereocenters. The molecule has 1 aliphatic rings. The lowest BCUT2D eigenvalue weighted by atomic mass is 9.78. The zero-order chi connectivity index (χ0) is 14.0. The zero-order valence-corrected chi connectivity index (χ0v) is 9.61. The Balaban J connectivity index is 2.93. The smallest absolute Gasteiger partial charge is 0.271 e. The lowest BCUT2D eigenvalue weighted by Crippen LogP contribution is -2.56. The lowest BCUT2D eigenvalue weighted by Gasteiger charge is -2.37. The number of nitrogens with one attached hydrogen (secondary N) is 1. The van der Waals surface area contributed by atoms with Gasteiger partial charge in [-0.3, -0.25) is 11.3 Å². The summed E-state index contributed by atoms with van der Waals surface area (Å²) in [5.41, 5.74) is 1.74. The number of hydrogen-bond donors (Lipinski definition) is 2. The van der Waals surface area contributed by atoms with E-state index >= 15 is 0 Å². The van der Waals surface area contributed by atoms with E-state index in [4.69, 9.17) is 5.84 Å². The molecule has 2 nitrogen and oxygen atoms in total. The molecule has 3 N–H and O–H groups in total. The monoisotopic (exact) mass is 278 g/mol. The Morgan fingerprint density at radius 3 is 1.67 bits per heavy atom. The van der Waals surface area contributed by atoms with Crippen LogP contribution in [0.1, 0.15) is 32.1 Å². The van der Waals surface area contributed by atoms with Gasteiger partial charge in [0.25, 0.3) is 0 Å². The maximum atomic E-state index is 12.6. The minimum Gasteiger partial charge on any atom is -0.271 e. The van der Waals surface area contributed by atoms with Gasteiger partial charge in [-0.05, 0) is 18.8 Å². The van der Waals surface area contributed by atoms with E-state index < -0.39 is 30.2 Å². The van der Waals surface area contributed by atoms with Crippen LogP contribution in [0.3, 0.4) is 0 Å². The molecule has 8 heteroatoms. The van der Waals surface area contributed by atoms with Crippen LogP contribution in [-0.4, -0.2) is 18.4 Å². The van der Waals surface area contributed by atoms with E-state index in [-0.39, 0.29) is 0 Å². The SMILES string of the molecule is NNC(C1CCCCC1)C(C(F)(F)F)C(F)(F)F. The van der Waals surface area contributed by atoms with Gasteiger partial charge in [-0.25, -0.2) is 0 Å². The van der Waals surface area contributed by atoms with Gasteiger partial charge in [0.1, 0.15) is 0 Å². The van der Waals surface area contributed by atoms with Crippen LogP contribution in [-0.2, 0) is 0 Å². The van der Waals surface area contributed by atoms with Gasteiger partial charge < -0.3 is 0 Å². The Kier molecular flexibility index (Phi) is 4.88. The van der Waals surface area contributed by atoms with Crippen molar-refractivity contribution in [2.45, 2.75) is 50.5 Å². The summed E-state index contributed by atoms with van der Waals surface area (Å²) in [6, 6.07) is -1.80. The average molecular weight is 278 g/mol. The van der Waals surface area contributed by atoms with Crippen LogP contribution in [0, 0.1) is 11.8 Å². The van der Waals surface area contributed by atoms with E-state index in [1.165, 1.54) is 0 Å². The van der Waals surface area contributed by atoms with Crippen LogP contribution in [0.4, 0.5) is 26.3 Å². The maximum Gasteiger partial charge on any atom is 0.402 e. The molecule has 0 aromatic heterocycles. The topological polar surface area (TPSA) is 38.0 Å². The molecule has 0 radical (unpaired) electrons. The highest BCUT2D eigenvalue weighted by Gasteiger charge is 2.61. The third-order valence-electron chi connectivity index (χ3n) is 3.41. The quantitative estimate of drug-likeness (QED) is 0.473. The van der Waals surface area contributed by atoms with Crippen LogP contribution in [0.25, 0.3) is 0 Å². The number of alkyl halides is 6. The van der Waals surface area contributed by atoms with Crippen LogP contribution >= 0.6 is 0 Å². The molecule has 1 aliphatic carbocycles. The Labute approximate surface area is 101 Å². The number of hydrazine groups is 1. The fraction of sp³-hybridized carbons (Fsp3) is 1.00. The minimum atomic E-state index is -5.34. The van der Waals surface area contributed by atoms with E-state index in [9.17, 15) is 26.3 Å². The van der Waals surface area contributed by atoms with Crippen LogP contribution in [0.2, 0.25) is 0 Å². The first-order valence-electron chi connectivity index (χ1n) is 5.77. The number of halogens is 6. The summed E-state index contributed by atoms with van der Waals surface area (Å²) < 4.78 is 75.6. The van der Waals surface area contributed by atoms with Crippen LogP contribution in [0.15, 0.2) is 0 Å². The van der Waals surface area contributed by atoms with Crippen molar-refractivity contribution in [3.8, 4) is 0 Å². The van der Waals surface area contributed by atoms with Gasteiger partial charge in [0.15, 0.2) is 5.92 Å². The first-order valence-corrected chi connectivity index (χ1v) is 5.77. The summed E-state index contributed by atoms with van der Waals surface area (Å²) in [5.74, 6) is 0.860. The third kappa shape index (κ3) is 3.74. The summed E-state index contributed by atoms with van der Waals surface area (Å²) in [6.45, 7) is 0. The van der Waals surface area contributed by atoms with E-state index in [0.29, 0.717) is 25.7 Å². The second-order valence-corrected chi connectivity index (χ2v) is 4.65. The number of nitrogens with two attached hydrogens (primary N) is 1. The molecule has 0 bridgehead atoms. The van der Waals surface area contributed by atoms with Crippen molar-refractivity contribution in [1.29, 1.82) is 0 Å². The normalized spacial score (nSPS) is 21.3. The highest BCUT2D eigenvalue weighted by molar-refractivity contribution is 4.91. The lowest BCUT2D eigenvalue weighted by molar-refractivity contribution is -0.295. The first-order chi connectivity index (χ1) is 8.18. The molecular weight excluding hydrogens is 262 g/mol. The minimum absolute atomic E-state index is 0.345. The summed E-state index contributed by atoms with van der Waals surface area (Å²) in [7, 11) is 0. The molecule has 1 saturated carbocycles. The molecule has 1 fully saturated rings. The first kappa shape index (κ1) is 15.6. The van der Waals surface area contributed by atoms with E-state index in [1.54, 1.807) is 5.43 Å². The average Bonchev–Trinajstić information content (AvgIpc) is 2.23. The summed E-state index contributed by atoms with van der Waals surface area (Å²) >= 11 is 0. The maximum absolute atomic E-state index is 12.6. The van der Waals surface area contributed by atoms with Crippen molar-refractivity contribution in [1.82, 2.24) is 5.43 Å². The molecule has 1 rings (SSSR count). The Hall–Kier alpha value is -0.500. The fourth-order valence-corrected chi connectivity index (χ4v) is 2.59. The predicted octanol–water partition coefficient (Wildman–Crippen LogP) is 3.14. The van der Waals surface area contributed by atoms with Gasteiger partial charge in [0.2, 0.25) is 0 Å². The largest absolute Gasteiger partial charge is 0.402 e. The van der Waals surface area contributed by atoms with Gasteiger partial charge in [-0.15, -0.1) is 0 Å². The van der Waals surface area contributed by atoms with E-state index in [0.717, 1.165) is 6.42 Å². The van der Waals surface area contributed by atoms with Crippen LogP contribution in [0.5, 0.6) is 0 Å². The van der Waals surface area contributed by atoms with Gasteiger partial charge >= 0.3 is 12.4 Å². The number of hydrogen-bond acceptors (Lipinski definition) is 2. The summed E-state index contributed by atoms with van der Waals surface area (Å²) in [6.07, 6.45) is -7.86. The van der Waals surface area contributed by atoms with Gasteiger partial charge in [-0.1, -0.05) is 19.3 Å². The summed E-state index contributed by atoms with van der Waals surface area (Å²) in [4.78, 5) is 0. The highest BCUT2D eigenvalue weighted by atomic mass is 19.4. The van der Waals surface area contributed by atoms with Crippen molar-refractivity contribution in [3.05, 3.63) is 0 Å². The zero-order valence-electron chi connectivity index (χ0n) is 9.61. The Bertz CT molecular complexity index is 242. The molecular formula is C10H16F6N2. The van der Waals surface area contributed by atoms with E-state index in [1.807, 2.05) is 0 Å². The molecule has 18 heavy (non-hydrogen) atoms. The Morgan fingerprint density at radius 2 is 1.33 bits per heavy atom. The second-order valence-electron chi connectivity index (χ2n) is 4.65. The van der Waals surface area contributed by atoms with Crippen molar-refractivity contribution in [2.75, 3.05) is 0 Å². The fourth-order valence-electron chi connectivity index (χ4n) is 2.59. The molecule has 0 amide bonds. The van der Waals surface area contributed by atoms with Crippen molar-refractivity contribution >= 4 is 0 Å². The van der Waals surface area contributed by atoms with Crippen molar-refractivity contribution < 1.29 is 26.3 Å². The molecule has 108 valence electrons. The molecule has 0 aromatic rings. The molecule has 0 heterocycles. The molecule has 0 spiro atoms. The van der Waals surface area contributed by atoms with Gasteiger partial charge in [-0.2, -0.15) is 26.3 Å². The third-order valence-corrected chi connectivity index (χ3v) is 3.41. The van der Waals surface area contributed by atoms with Crippen molar-refractivity contribution in [3.63, 3.8) is 0 Å². The standard InChI is InChI=1S/C10H16F6N2/c11-9(12,13)8(10(14,15)16)7(18-17)6-4-2-1-3-5-6/h6-8,18H,1-5,17H2. The highest BCUT2D eigenvalue weighted by Crippen LogP contribution is 2.45. The molecule has 1 unspecified atom stereocenters. The molecule has 0 aromatic carbocycles.